The lowest BCUT2D eigenvalue weighted by atomic mass is 9.87. The standard InChI is InChI=1S/C15H18F3NO.2C2H6/c1-10-9-13(3-4-14(10)15(16,17)18)12-5-7-19(8-6-12)11(2)20;2*1-2/h3-4,9,12H,5-8H2,1-2H3;2*1-2H3. The molecular weight excluding hydrogens is 315 g/mol. The molecule has 0 atom stereocenters. The minimum Gasteiger partial charge on any atom is -0.343 e. The number of amides is 1. The minimum absolute atomic E-state index is 0.0621. The molecule has 2 nitrogen and oxygen atoms in total. The maximum absolute atomic E-state index is 12.7. The predicted octanol–water partition coefficient (Wildman–Crippen LogP) is 5.79. The molecule has 1 heterocycles. The van der Waals surface area contributed by atoms with E-state index in [-0.39, 0.29) is 17.4 Å². The van der Waals surface area contributed by atoms with E-state index in [0.717, 1.165) is 18.4 Å². The molecule has 1 aromatic carbocycles. The summed E-state index contributed by atoms with van der Waals surface area (Å²) in [5.74, 6) is 0.304. The second-order valence-electron chi connectivity index (χ2n) is 5.35. The Morgan fingerprint density at radius 2 is 1.58 bits per heavy atom. The van der Waals surface area contributed by atoms with E-state index in [9.17, 15) is 18.0 Å². The molecule has 0 spiro atoms. The number of carbonyl (C=O) groups is 1. The molecule has 0 radical (unpaired) electrons. The number of carbonyl (C=O) groups excluding carboxylic acids is 1. The molecule has 1 aromatic rings. The molecule has 0 saturated carbocycles. The van der Waals surface area contributed by atoms with Crippen molar-refractivity contribution in [2.45, 2.75) is 66.5 Å². The van der Waals surface area contributed by atoms with E-state index in [0.29, 0.717) is 13.1 Å². The van der Waals surface area contributed by atoms with Crippen LogP contribution in [0.3, 0.4) is 0 Å². The van der Waals surface area contributed by atoms with E-state index < -0.39 is 11.7 Å². The molecule has 0 unspecified atom stereocenters. The van der Waals surface area contributed by atoms with Gasteiger partial charge in [0.2, 0.25) is 5.91 Å². The zero-order chi connectivity index (χ0) is 18.9. The van der Waals surface area contributed by atoms with Crippen molar-refractivity contribution in [1.29, 1.82) is 0 Å². The lowest BCUT2D eigenvalue weighted by molar-refractivity contribution is -0.138. The molecule has 1 amide bonds. The number of rotatable bonds is 1. The van der Waals surface area contributed by atoms with E-state index in [1.54, 1.807) is 24.0 Å². The van der Waals surface area contributed by atoms with Crippen LogP contribution in [0.5, 0.6) is 0 Å². The first-order valence-electron chi connectivity index (χ1n) is 8.72. The van der Waals surface area contributed by atoms with Crippen LogP contribution in [0.4, 0.5) is 13.2 Å². The van der Waals surface area contributed by atoms with Gasteiger partial charge in [0.1, 0.15) is 0 Å². The smallest absolute Gasteiger partial charge is 0.343 e. The third-order valence-electron chi connectivity index (χ3n) is 3.97. The zero-order valence-electron chi connectivity index (χ0n) is 15.6. The van der Waals surface area contributed by atoms with Gasteiger partial charge in [-0.1, -0.05) is 39.8 Å². The van der Waals surface area contributed by atoms with E-state index in [1.165, 1.54) is 13.0 Å². The molecule has 1 saturated heterocycles. The third-order valence-corrected chi connectivity index (χ3v) is 3.97. The fraction of sp³-hybridized carbons (Fsp3) is 0.632. The van der Waals surface area contributed by atoms with Gasteiger partial charge in [0.25, 0.3) is 0 Å². The summed E-state index contributed by atoms with van der Waals surface area (Å²) >= 11 is 0. The number of alkyl halides is 3. The Kier molecular flexibility index (Phi) is 9.71. The van der Waals surface area contributed by atoms with E-state index in [4.69, 9.17) is 0 Å². The monoisotopic (exact) mass is 345 g/mol. The lowest BCUT2D eigenvalue weighted by Crippen LogP contribution is -2.36. The topological polar surface area (TPSA) is 20.3 Å². The molecular formula is C19H30F3NO. The van der Waals surface area contributed by atoms with Crippen LogP contribution in [-0.4, -0.2) is 23.9 Å². The number of piperidine rings is 1. The Balaban J connectivity index is 0.00000123. The molecule has 5 heteroatoms. The number of aryl methyl sites for hydroxylation is 1. The van der Waals surface area contributed by atoms with Crippen LogP contribution < -0.4 is 0 Å². The summed E-state index contributed by atoms with van der Waals surface area (Å²) < 4.78 is 38.2. The maximum atomic E-state index is 12.7. The second-order valence-corrected chi connectivity index (χ2v) is 5.35. The second kappa shape index (κ2) is 10.4. The summed E-state index contributed by atoms with van der Waals surface area (Å²) in [5, 5.41) is 0. The van der Waals surface area contributed by atoms with Gasteiger partial charge < -0.3 is 4.90 Å². The van der Waals surface area contributed by atoms with Crippen molar-refractivity contribution in [2.75, 3.05) is 13.1 Å². The summed E-state index contributed by atoms with van der Waals surface area (Å²) in [6.07, 6.45) is -2.67. The molecule has 0 aromatic heterocycles. The van der Waals surface area contributed by atoms with Crippen LogP contribution >= 0.6 is 0 Å². The van der Waals surface area contributed by atoms with Crippen molar-refractivity contribution < 1.29 is 18.0 Å². The fourth-order valence-electron chi connectivity index (χ4n) is 2.79. The Hall–Kier alpha value is -1.52. The van der Waals surface area contributed by atoms with E-state index in [2.05, 4.69) is 0 Å². The number of nitrogens with zero attached hydrogens (tertiary/aromatic N) is 1. The predicted molar refractivity (Wildman–Crippen MR) is 93.1 cm³/mol. The van der Waals surface area contributed by atoms with Crippen LogP contribution in [-0.2, 0) is 11.0 Å². The van der Waals surface area contributed by atoms with Crippen LogP contribution in [0.25, 0.3) is 0 Å². The molecule has 0 aliphatic carbocycles. The molecule has 138 valence electrons. The first kappa shape index (κ1) is 22.5. The summed E-state index contributed by atoms with van der Waals surface area (Å²) in [6.45, 7) is 12.4. The van der Waals surface area contributed by atoms with Crippen LogP contribution in [0.15, 0.2) is 18.2 Å². The number of likely N-dealkylation sites (tertiary alicyclic amines) is 1. The highest BCUT2D eigenvalue weighted by molar-refractivity contribution is 5.73. The highest BCUT2D eigenvalue weighted by atomic mass is 19.4. The van der Waals surface area contributed by atoms with E-state index >= 15 is 0 Å². The Labute approximate surface area is 144 Å². The van der Waals surface area contributed by atoms with Gasteiger partial charge >= 0.3 is 6.18 Å². The summed E-state index contributed by atoms with van der Waals surface area (Å²) in [7, 11) is 0. The Bertz CT molecular complexity index is 504. The van der Waals surface area contributed by atoms with Crippen LogP contribution in [0, 0.1) is 6.92 Å². The first-order valence-corrected chi connectivity index (χ1v) is 8.72. The van der Waals surface area contributed by atoms with Crippen LogP contribution in [0.1, 0.15) is 70.1 Å². The summed E-state index contributed by atoms with van der Waals surface area (Å²) in [6, 6.07) is 4.38. The number of halogens is 3. The van der Waals surface area contributed by atoms with Crippen molar-refractivity contribution in [3.05, 3.63) is 34.9 Å². The van der Waals surface area contributed by atoms with Gasteiger partial charge in [-0.3, -0.25) is 4.79 Å². The van der Waals surface area contributed by atoms with Gasteiger partial charge in [0, 0.05) is 20.0 Å². The molecule has 1 aliphatic heterocycles. The fourth-order valence-corrected chi connectivity index (χ4v) is 2.79. The SMILES string of the molecule is CC.CC.CC(=O)N1CCC(c2ccc(C(F)(F)F)c(C)c2)CC1. The molecule has 0 bridgehead atoms. The van der Waals surface area contributed by atoms with Crippen molar-refractivity contribution in [3.63, 3.8) is 0 Å². The molecule has 1 aliphatic rings. The Morgan fingerprint density at radius 3 is 1.96 bits per heavy atom. The van der Waals surface area contributed by atoms with Crippen molar-refractivity contribution >= 4 is 5.91 Å². The highest BCUT2D eigenvalue weighted by Crippen LogP contribution is 2.35. The maximum Gasteiger partial charge on any atom is 0.416 e. The van der Waals surface area contributed by atoms with Crippen molar-refractivity contribution in [1.82, 2.24) is 4.90 Å². The van der Waals surface area contributed by atoms with Gasteiger partial charge in [0.05, 0.1) is 5.56 Å². The highest BCUT2D eigenvalue weighted by Gasteiger charge is 2.32. The molecule has 1 fully saturated rings. The van der Waals surface area contributed by atoms with Crippen molar-refractivity contribution in [2.24, 2.45) is 0 Å². The van der Waals surface area contributed by atoms with Gasteiger partial charge in [-0.2, -0.15) is 13.2 Å². The van der Waals surface area contributed by atoms with E-state index in [1.807, 2.05) is 27.7 Å². The van der Waals surface area contributed by atoms with Gasteiger partial charge in [-0.05, 0) is 42.9 Å². The van der Waals surface area contributed by atoms with Gasteiger partial charge in [-0.25, -0.2) is 0 Å². The molecule has 0 N–H and O–H groups in total. The minimum atomic E-state index is -4.29. The van der Waals surface area contributed by atoms with Crippen molar-refractivity contribution in [3.8, 4) is 0 Å². The largest absolute Gasteiger partial charge is 0.416 e. The number of benzene rings is 1. The van der Waals surface area contributed by atoms with Crippen LogP contribution in [0.2, 0.25) is 0 Å². The van der Waals surface area contributed by atoms with Gasteiger partial charge in [0.15, 0.2) is 0 Å². The normalized spacial score (nSPS) is 15.0. The first-order chi connectivity index (χ1) is 11.3. The molecule has 24 heavy (non-hydrogen) atoms. The number of hydrogen-bond acceptors (Lipinski definition) is 1. The summed E-state index contributed by atoms with van der Waals surface area (Å²) in [5.41, 5.74) is 0.644. The zero-order valence-corrected chi connectivity index (χ0v) is 15.6. The number of hydrogen-bond donors (Lipinski definition) is 0. The Morgan fingerprint density at radius 1 is 1.08 bits per heavy atom. The van der Waals surface area contributed by atoms with Gasteiger partial charge in [-0.15, -0.1) is 0 Å². The quantitative estimate of drug-likeness (QED) is 0.630. The third kappa shape index (κ3) is 6.17. The summed E-state index contributed by atoms with van der Waals surface area (Å²) in [4.78, 5) is 13.0. The lowest BCUT2D eigenvalue weighted by Gasteiger charge is -2.31. The average molecular weight is 345 g/mol. The average Bonchev–Trinajstić information content (AvgIpc) is 2.57. The molecule has 2 rings (SSSR count).